The van der Waals surface area contributed by atoms with E-state index < -0.39 is 23.9 Å². The third kappa shape index (κ3) is 4.96. The van der Waals surface area contributed by atoms with Gasteiger partial charge in [0.2, 0.25) is 5.91 Å². The molecule has 1 unspecified atom stereocenters. The first kappa shape index (κ1) is 27.0. The van der Waals surface area contributed by atoms with Crippen LogP contribution < -0.4 is 4.74 Å². The third-order valence-electron chi connectivity index (χ3n) is 7.67. The first-order valence-electron chi connectivity index (χ1n) is 13.0. The largest absolute Gasteiger partial charge is 0.573 e. The fourth-order valence-electron chi connectivity index (χ4n) is 5.78. The number of rotatable bonds is 4. The number of nitrogens with one attached hydrogen (secondary N) is 1. The Kier molecular flexibility index (Phi) is 6.60. The lowest BCUT2D eigenvalue weighted by Crippen LogP contribution is -2.54. The van der Waals surface area contributed by atoms with E-state index in [4.69, 9.17) is 17.0 Å². The van der Waals surface area contributed by atoms with E-state index in [2.05, 4.69) is 14.9 Å². The van der Waals surface area contributed by atoms with Crippen molar-refractivity contribution in [2.45, 2.75) is 38.1 Å². The number of allylic oxidation sites excluding steroid dienone is 1. The molecule has 13 heteroatoms. The monoisotopic (exact) mass is 584 g/mol. The number of fused-ring (bicyclic) bond motifs is 4. The van der Waals surface area contributed by atoms with Gasteiger partial charge in [0.25, 0.3) is 5.91 Å². The number of benzene rings is 2. The number of hydrogen-bond donors (Lipinski definition) is 1. The van der Waals surface area contributed by atoms with E-state index in [1.54, 1.807) is 51.6 Å². The Morgan fingerprint density at radius 2 is 1.88 bits per heavy atom. The molecule has 6 rings (SSSR count). The highest BCUT2D eigenvalue weighted by Gasteiger charge is 2.40. The number of aromatic nitrogens is 3. The van der Waals surface area contributed by atoms with Gasteiger partial charge in [0.15, 0.2) is 5.82 Å². The Morgan fingerprint density at radius 1 is 1.12 bits per heavy atom. The van der Waals surface area contributed by atoms with Crippen molar-refractivity contribution in [2.24, 2.45) is 0 Å². The summed E-state index contributed by atoms with van der Waals surface area (Å²) in [5, 5.41) is 18.0. The van der Waals surface area contributed by atoms with Crippen LogP contribution in [-0.4, -0.2) is 74.1 Å². The molecule has 1 N–H and O–H groups in total. The van der Waals surface area contributed by atoms with Crippen LogP contribution in [0.3, 0.4) is 0 Å². The standard InChI is InChI=1S/C28H24ClF3N6O3/c1-15-34-35-26-22(25(33)27(40)36-10-11-37-18(14-36)6-9-24(37)39)13-20(16-2-4-17(29)5-3-16)21-12-19(41-28(30,31)32)7-8-23(21)38(15)26/h2-5,7-8,12-13,18,22,33H,6,9-11,14H2,1H3/t18?,22-/m0/s1. The number of aryl methyl sites for hydroxylation is 1. The third-order valence-corrected chi connectivity index (χ3v) is 7.92. The Bertz CT molecular complexity index is 1600. The van der Waals surface area contributed by atoms with Crippen LogP contribution in [0.25, 0.3) is 11.3 Å². The minimum Gasteiger partial charge on any atom is -0.406 e. The summed E-state index contributed by atoms with van der Waals surface area (Å²) in [6, 6.07) is 10.6. The average Bonchev–Trinajstić information content (AvgIpc) is 3.46. The number of carbonyl (C=O) groups is 2. The van der Waals surface area contributed by atoms with Gasteiger partial charge >= 0.3 is 6.36 Å². The van der Waals surface area contributed by atoms with Gasteiger partial charge in [-0.1, -0.05) is 29.8 Å². The van der Waals surface area contributed by atoms with Crippen molar-refractivity contribution in [3.8, 4) is 11.4 Å². The van der Waals surface area contributed by atoms with Crippen molar-refractivity contribution >= 4 is 34.7 Å². The van der Waals surface area contributed by atoms with Crippen molar-refractivity contribution < 1.29 is 27.5 Å². The summed E-state index contributed by atoms with van der Waals surface area (Å²) in [4.78, 5) is 29.2. The SMILES string of the molecule is Cc1nnc2n1-c1ccc(OC(F)(F)F)cc1C(c1ccc(Cl)cc1)=C[C@H]2C(=N)C(=O)N1CCN2C(=O)CCC2C1. The lowest BCUT2D eigenvalue weighted by atomic mass is 9.91. The van der Waals surface area contributed by atoms with Crippen LogP contribution in [0.5, 0.6) is 5.75 Å². The highest BCUT2D eigenvalue weighted by molar-refractivity contribution is 6.40. The van der Waals surface area contributed by atoms with Gasteiger partial charge in [-0.25, -0.2) is 0 Å². The van der Waals surface area contributed by atoms with Gasteiger partial charge in [-0.2, -0.15) is 0 Å². The quantitative estimate of drug-likeness (QED) is 0.455. The number of piperazine rings is 1. The summed E-state index contributed by atoms with van der Waals surface area (Å²) in [6.45, 7) is 2.72. The molecule has 2 amide bonds. The van der Waals surface area contributed by atoms with Crippen LogP contribution in [0.15, 0.2) is 48.5 Å². The Hall–Kier alpha value is -4.19. The van der Waals surface area contributed by atoms with Gasteiger partial charge in [0, 0.05) is 42.7 Å². The first-order valence-corrected chi connectivity index (χ1v) is 13.4. The maximum Gasteiger partial charge on any atom is 0.573 e. The van der Waals surface area contributed by atoms with Gasteiger partial charge < -0.3 is 14.5 Å². The number of hydrogen-bond acceptors (Lipinski definition) is 6. The molecule has 4 heterocycles. The molecule has 1 aromatic heterocycles. The van der Waals surface area contributed by atoms with Gasteiger partial charge in [-0.3, -0.25) is 19.6 Å². The van der Waals surface area contributed by atoms with Crippen molar-refractivity contribution in [2.75, 3.05) is 19.6 Å². The molecule has 0 aliphatic carbocycles. The number of nitrogens with zero attached hydrogens (tertiary/aromatic N) is 5. The second-order valence-electron chi connectivity index (χ2n) is 10.2. The van der Waals surface area contributed by atoms with E-state index in [-0.39, 0.29) is 23.5 Å². The van der Waals surface area contributed by atoms with Crippen molar-refractivity contribution in [1.29, 1.82) is 5.41 Å². The summed E-state index contributed by atoms with van der Waals surface area (Å²) < 4.78 is 45.3. The second-order valence-corrected chi connectivity index (χ2v) is 10.6. The number of alkyl halides is 3. The lowest BCUT2D eigenvalue weighted by molar-refractivity contribution is -0.274. The molecule has 0 bridgehead atoms. The van der Waals surface area contributed by atoms with Crippen molar-refractivity contribution in [3.05, 3.63) is 76.3 Å². The first-order chi connectivity index (χ1) is 19.5. The van der Waals surface area contributed by atoms with Crippen LogP contribution in [0.4, 0.5) is 13.2 Å². The van der Waals surface area contributed by atoms with Crippen molar-refractivity contribution in [1.82, 2.24) is 24.6 Å². The predicted molar refractivity (Wildman–Crippen MR) is 143 cm³/mol. The predicted octanol–water partition coefficient (Wildman–Crippen LogP) is 4.51. The van der Waals surface area contributed by atoms with Gasteiger partial charge in [-0.05, 0) is 54.8 Å². The molecule has 0 saturated carbocycles. The molecule has 3 aliphatic heterocycles. The van der Waals surface area contributed by atoms with Gasteiger partial charge in [0.05, 0.1) is 11.6 Å². The number of carbonyl (C=O) groups excluding carboxylic acids is 2. The number of amides is 2. The minimum absolute atomic E-state index is 0.0756. The van der Waals surface area contributed by atoms with Crippen LogP contribution in [-0.2, 0) is 9.59 Å². The van der Waals surface area contributed by atoms with Crippen LogP contribution in [0.1, 0.15) is 41.5 Å². The molecule has 2 atom stereocenters. The maximum absolute atomic E-state index is 13.7. The lowest BCUT2D eigenvalue weighted by Gasteiger charge is -2.37. The fourth-order valence-corrected chi connectivity index (χ4v) is 5.90. The van der Waals surface area contributed by atoms with E-state index in [0.717, 1.165) is 0 Å². The van der Waals surface area contributed by atoms with Crippen molar-refractivity contribution in [3.63, 3.8) is 0 Å². The molecule has 41 heavy (non-hydrogen) atoms. The Morgan fingerprint density at radius 3 is 2.61 bits per heavy atom. The molecule has 3 aromatic rings. The zero-order valence-corrected chi connectivity index (χ0v) is 22.5. The van der Waals surface area contributed by atoms with Crippen LogP contribution >= 0.6 is 11.6 Å². The van der Waals surface area contributed by atoms with E-state index in [1.165, 1.54) is 18.2 Å². The number of halogens is 4. The highest BCUT2D eigenvalue weighted by Crippen LogP contribution is 2.40. The molecule has 0 radical (unpaired) electrons. The normalized spacial score (nSPS) is 20.1. The molecule has 2 fully saturated rings. The second kappa shape index (κ2) is 10.0. The molecule has 9 nitrogen and oxygen atoms in total. The zero-order valence-electron chi connectivity index (χ0n) is 21.8. The van der Waals surface area contributed by atoms with Crippen LogP contribution in [0.2, 0.25) is 5.02 Å². The number of ether oxygens (including phenoxy) is 1. The fraction of sp³-hybridized carbons (Fsp3) is 0.321. The molecule has 2 aromatic carbocycles. The minimum atomic E-state index is -4.90. The van der Waals surface area contributed by atoms with E-state index >= 15 is 0 Å². The van der Waals surface area contributed by atoms with E-state index in [0.29, 0.717) is 65.7 Å². The zero-order chi connectivity index (χ0) is 29.1. The summed E-state index contributed by atoms with van der Waals surface area (Å²) in [5.41, 5.74) is 1.67. The van der Waals surface area contributed by atoms with Gasteiger partial charge in [0.1, 0.15) is 17.3 Å². The molecular formula is C28H24ClF3N6O3. The summed E-state index contributed by atoms with van der Waals surface area (Å²) in [6.07, 6.45) is -2.14. The smallest absolute Gasteiger partial charge is 0.406 e. The highest BCUT2D eigenvalue weighted by atomic mass is 35.5. The topological polar surface area (TPSA) is 104 Å². The molecular weight excluding hydrogens is 561 g/mol. The summed E-state index contributed by atoms with van der Waals surface area (Å²) in [5.74, 6) is -1.11. The average molecular weight is 585 g/mol. The summed E-state index contributed by atoms with van der Waals surface area (Å²) >= 11 is 6.12. The molecule has 212 valence electrons. The van der Waals surface area contributed by atoms with E-state index in [1.807, 2.05) is 0 Å². The Labute approximate surface area is 237 Å². The molecule has 0 spiro atoms. The summed E-state index contributed by atoms with van der Waals surface area (Å²) in [7, 11) is 0. The molecule has 3 aliphatic rings. The van der Waals surface area contributed by atoms with Gasteiger partial charge in [-0.15, -0.1) is 23.4 Å². The van der Waals surface area contributed by atoms with E-state index in [9.17, 15) is 22.8 Å². The Balaban J connectivity index is 1.45. The maximum atomic E-state index is 13.7. The van der Waals surface area contributed by atoms with Crippen LogP contribution in [0, 0.1) is 12.3 Å². The molecule has 2 saturated heterocycles.